The summed E-state index contributed by atoms with van der Waals surface area (Å²) in [6.45, 7) is 11.9. The Morgan fingerprint density at radius 2 is 1.31 bits per heavy atom. The molecule has 0 saturated carbocycles. The smallest absolute Gasteiger partial charge is 0.425 e. The first-order valence-corrected chi connectivity index (χ1v) is 14.2. The maximum Gasteiger partial charge on any atom is 0.425 e. The number of nitrogens with zero attached hydrogens (tertiary/aromatic N) is 4. The van der Waals surface area contributed by atoms with Crippen LogP contribution in [0.15, 0.2) is 79.4 Å². The molecule has 0 atom stereocenters. The summed E-state index contributed by atoms with van der Waals surface area (Å²) in [6.07, 6.45) is 4.58. The molecule has 1 aromatic carbocycles. The zero-order valence-corrected chi connectivity index (χ0v) is 26.3. The third-order valence-corrected chi connectivity index (χ3v) is 5.92. The molecule has 3 heterocycles. The molecule has 3 amide bonds. The van der Waals surface area contributed by atoms with Gasteiger partial charge in [-0.3, -0.25) is 9.78 Å². The Morgan fingerprint density at radius 3 is 1.96 bits per heavy atom. The van der Waals surface area contributed by atoms with E-state index in [0.29, 0.717) is 28.3 Å². The van der Waals surface area contributed by atoms with Gasteiger partial charge in [-0.05, 0) is 90.9 Å². The molecule has 0 aliphatic heterocycles. The second-order valence-electron chi connectivity index (χ2n) is 12.1. The number of rotatable bonds is 7. The van der Waals surface area contributed by atoms with Crippen molar-refractivity contribution in [3.05, 3.63) is 90.5 Å². The van der Waals surface area contributed by atoms with Crippen LogP contribution in [0.2, 0.25) is 0 Å². The molecule has 0 radical (unpaired) electrons. The number of amides is 3. The highest BCUT2D eigenvalue weighted by Crippen LogP contribution is 2.30. The van der Waals surface area contributed by atoms with E-state index >= 15 is 0 Å². The van der Waals surface area contributed by atoms with E-state index in [1.807, 2.05) is 12.1 Å². The molecule has 4 aromatic rings. The largest absolute Gasteiger partial charge is 0.443 e. The summed E-state index contributed by atoms with van der Waals surface area (Å²) in [6, 6.07) is 15.7. The molecule has 0 unspecified atom stereocenters. The lowest BCUT2D eigenvalue weighted by Gasteiger charge is -2.29. The number of ether oxygens (including phenoxy) is 2. The first kappa shape index (κ1) is 32.4. The molecule has 4 rings (SSSR count). The summed E-state index contributed by atoms with van der Waals surface area (Å²) in [4.78, 5) is 52.9. The molecule has 45 heavy (non-hydrogen) atoms. The average Bonchev–Trinajstić information content (AvgIpc) is 2.94. The van der Waals surface area contributed by atoms with E-state index in [9.17, 15) is 14.4 Å². The Bertz CT molecular complexity index is 1650. The summed E-state index contributed by atoms with van der Waals surface area (Å²) in [7, 11) is 0. The molecular weight excluding hydrogens is 574 g/mol. The maximum absolute atomic E-state index is 13.2. The Labute approximate surface area is 262 Å². The molecule has 0 fully saturated rings. The summed E-state index contributed by atoms with van der Waals surface area (Å²) in [5.74, 6) is 0.0560. The Kier molecular flexibility index (Phi) is 9.66. The van der Waals surface area contributed by atoms with Gasteiger partial charge in [-0.25, -0.2) is 19.6 Å². The fourth-order valence-corrected chi connectivity index (χ4v) is 4.01. The minimum Gasteiger partial charge on any atom is -0.443 e. The van der Waals surface area contributed by atoms with Crippen molar-refractivity contribution < 1.29 is 23.9 Å². The second-order valence-corrected chi connectivity index (χ2v) is 12.1. The monoisotopic (exact) mass is 611 g/mol. The van der Waals surface area contributed by atoms with Crippen molar-refractivity contribution in [2.45, 2.75) is 59.7 Å². The average molecular weight is 612 g/mol. The zero-order chi connectivity index (χ0) is 32.8. The van der Waals surface area contributed by atoms with Crippen LogP contribution in [-0.2, 0) is 9.47 Å². The molecule has 3 aromatic heterocycles. The standard InChI is InChI=1S/C33H37N7O5/c1-21-26(14-18-36-28(21)40(30(42)44-32(2,3)4)31(43)45-33(5,6)7)38-24-10-8-9-22(19-24)29(41)39-27-20-25(13-17-35-27)37-23-11-15-34-16-12-23/h8-20H,1-7H3,(H,36,38)(H2,34,35,37,39,41). The van der Waals surface area contributed by atoms with Crippen molar-refractivity contribution in [3.8, 4) is 0 Å². The molecule has 0 bridgehead atoms. The number of aromatic nitrogens is 3. The van der Waals surface area contributed by atoms with Crippen LogP contribution in [0.4, 0.5) is 44.0 Å². The molecule has 0 spiro atoms. The van der Waals surface area contributed by atoms with E-state index in [4.69, 9.17) is 9.47 Å². The number of carbonyl (C=O) groups excluding carboxylic acids is 3. The van der Waals surface area contributed by atoms with Gasteiger partial charge < -0.3 is 25.4 Å². The summed E-state index contributed by atoms with van der Waals surface area (Å²) in [5, 5.41) is 9.32. The highest BCUT2D eigenvalue weighted by atomic mass is 16.6. The predicted molar refractivity (Wildman–Crippen MR) is 173 cm³/mol. The molecule has 0 saturated heterocycles. The van der Waals surface area contributed by atoms with Gasteiger partial charge in [0.2, 0.25) is 0 Å². The fraction of sp³-hybridized carbons (Fsp3) is 0.273. The molecule has 0 aliphatic carbocycles. The third-order valence-electron chi connectivity index (χ3n) is 5.92. The van der Waals surface area contributed by atoms with Gasteiger partial charge in [-0.15, -0.1) is 0 Å². The second kappa shape index (κ2) is 13.4. The number of nitrogens with one attached hydrogen (secondary N) is 3. The first-order chi connectivity index (χ1) is 21.2. The van der Waals surface area contributed by atoms with Gasteiger partial charge in [0.1, 0.15) is 17.0 Å². The molecule has 234 valence electrons. The van der Waals surface area contributed by atoms with Crippen molar-refractivity contribution in [3.63, 3.8) is 0 Å². The number of imide groups is 1. The number of carbonyl (C=O) groups is 3. The van der Waals surface area contributed by atoms with Crippen molar-refractivity contribution in [2.75, 3.05) is 20.9 Å². The highest BCUT2D eigenvalue weighted by Gasteiger charge is 2.35. The van der Waals surface area contributed by atoms with E-state index in [1.165, 1.54) is 6.20 Å². The number of anilines is 6. The number of hydrogen-bond acceptors (Lipinski definition) is 10. The van der Waals surface area contributed by atoms with Crippen molar-refractivity contribution >= 4 is 52.5 Å². The van der Waals surface area contributed by atoms with Gasteiger partial charge in [0, 0.05) is 64.7 Å². The summed E-state index contributed by atoms with van der Waals surface area (Å²) in [5.41, 5.74) is 1.86. The lowest BCUT2D eigenvalue weighted by atomic mass is 10.1. The van der Waals surface area contributed by atoms with Gasteiger partial charge in [0.15, 0.2) is 5.82 Å². The van der Waals surface area contributed by atoms with Gasteiger partial charge in [-0.2, -0.15) is 4.90 Å². The normalized spacial score (nSPS) is 11.3. The van der Waals surface area contributed by atoms with Crippen LogP contribution >= 0.6 is 0 Å². The Morgan fingerprint density at radius 1 is 0.711 bits per heavy atom. The summed E-state index contributed by atoms with van der Waals surface area (Å²) < 4.78 is 11.0. The molecule has 0 aliphatic rings. The summed E-state index contributed by atoms with van der Waals surface area (Å²) >= 11 is 0. The van der Waals surface area contributed by atoms with E-state index in [1.54, 1.807) is 110 Å². The van der Waals surface area contributed by atoms with Gasteiger partial charge in [0.05, 0.1) is 0 Å². The van der Waals surface area contributed by atoms with E-state index in [-0.39, 0.29) is 11.7 Å². The lowest BCUT2D eigenvalue weighted by molar-refractivity contribution is 0.0428. The van der Waals surface area contributed by atoms with Crippen LogP contribution in [0.25, 0.3) is 0 Å². The SMILES string of the molecule is Cc1c(Nc2cccc(C(=O)Nc3cc(Nc4ccncc4)ccn3)c2)ccnc1N(C(=O)OC(C)(C)C)C(=O)OC(C)(C)C. The lowest BCUT2D eigenvalue weighted by Crippen LogP contribution is -2.44. The highest BCUT2D eigenvalue weighted by molar-refractivity contribution is 6.09. The minimum atomic E-state index is -0.920. The van der Waals surface area contributed by atoms with E-state index < -0.39 is 23.4 Å². The molecule has 3 N–H and O–H groups in total. The molecule has 12 heteroatoms. The fourth-order valence-electron chi connectivity index (χ4n) is 4.01. The van der Waals surface area contributed by atoms with Gasteiger partial charge in [0.25, 0.3) is 5.91 Å². The Hall–Kier alpha value is -5.52. The third kappa shape index (κ3) is 9.23. The van der Waals surface area contributed by atoms with Crippen molar-refractivity contribution in [1.82, 2.24) is 15.0 Å². The van der Waals surface area contributed by atoms with E-state index in [2.05, 4.69) is 30.9 Å². The zero-order valence-electron chi connectivity index (χ0n) is 26.3. The molecule has 12 nitrogen and oxygen atoms in total. The predicted octanol–water partition coefficient (Wildman–Crippen LogP) is 7.60. The maximum atomic E-state index is 13.2. The van der Waals surface area contributed by atoms with Gasteiger partial charge >= 0.3 is 12.2 Å². The molecular formula is C33H37N7O5. The first-order valence-electron chi connectivity index (χ1n) is 14.2. The topological polar surface area (TPSA) is 148 Å². The van der Waals surface area contributed by atoms with Gasteiger partial charge in [-0.1, -0.05) is 6.07 Å². The number of pyridine rings is 3. The van der Waals surface area contributed by atoms with Crippen LogP contribution in [0.1, 0.15) is 57.5 Å². The van der Waals surface area contributed by atoms with Crippen molar-refractivity contribution in [2.24, 2.45) is 0 Å². The van der Waals surface area contributed by atoms with Crippen LogP contribution in [-0.4, -0.2) is 44.2 Å². The minimum absolute atomic E-state index is 0.0451. The van der Waals surface area contributed by atoms with Crippen LogP contribution in [0, 0.1) is 6.92 Å². The van der Waals surface area contributed by atoms with Crippen LogP contribution < -0.4 is 20.9 Å². The van der Waals surface area contributed by atoms with Crippen LogP contribution in [0.3, 0.4) is 0 Å². The quantitative estimate of drug-likeness (QED) is 0.191. The van der Waals surface area contributed by atoms with Crippen LogP contribution in [0.5, 0.6) is 0 Å². The number of benzene rings is 1. The van der Waals surface area contributed by atoms with Crippen molar-refractivity contribution in [1.29, 1.82) is 0 Å². The Balaban J connectivity index is 1.54. The van der Waals surface area contributed by atoms with E-state index in [0.717, 1.165) is 16.3 Å². The number of hydrogen-bond donors (Lipinski definition) is 3.